The molecule has 1 aliphatic heterocycles. The first-order valence-corrected chi connectivity index (χ1v) is 8.22. The van der Waals surface area contributed by atoms with Crippen molar-refractivity contribution in [3.05, 3.63) is 42.1 Å². The molecule has 0 atom stereocenters. The number of rotatable bonds is 6. The zero-order valence-corrected chi connectivity index (χ0v) is 14.2. The molecule has 3 rings (SSSR count). The number of hydrogen-bond donors (Lipinski definition) is 1. The number of ether oxygens (including phenoxy) is 2. The van der Waals surface area contributed by atoms with E-state index in [1.165, 1.54) is 19.2 Å². The summed E-state index contributed by atoms with van der Waals surface area (Å²) in [5.74, 6) is 0.266. The molecule has 1 aliphatic rings. The Kier molecular flexibility index (Phi) is 5.50. The Morgan fingerprint density at radius 3 is 2.69 bits per heavy atom. The zero-order chi connectivity index (χ0) is 18.5. The molecule has 0 saturated carbocycles. The Morgan fingerprint density at radius 1 is 1.23 bits per heavy atom. The van der Waals surface area contributed by atoms with Crippen LogP contribution in [0.5, 0.6) is 11.5 Å². The molecule has 6 nitrogen and oxygen atoms in total. The molecule has 1 fully saturated rings. The predicted molar refractivity (Wildman–Crippen MR) is 93.3 cm³/mol. The number of pyridine rings is 1. The first kappa shape index (κ1) is 17.9. The molecule has 1 amide bonds. The lowest BCUT2D eigenvalue weighted by Crippen LogP contribution is -2.24. The highest BCUT2D eigenvalue weighted by Crippen LogP contribution is 2.32. The molecule has 1 aromatic carbocycles. The van der Waals surface area contributed by atoms with Crippen LogP contribution < -0.4 is 19.7 Å². The lowest BCUT2D eigenvalue weighted by Gasteiger charge is -2.19. The molecule has 1 saturated heterocycles. The lowest BCUT2D eigenvalue weighted by atomic mass is 10.2. The van der Waals surface area contributed by atoms with E-state index in [0.29, 0.717) is 17.1 Å². The molecule has 2 aromatic rings. The van der Waals surface area contributed by atoms with Crippen LogP contribution in [-0.2, 0) is 0 Å². The van der Waals surface area contributed by atoms with Gasteiger partial charge in [-0.15, -0.1) is 0 Å². The standard InChI is InChI=1S/C18H19F2N3O3/c1-25-14-7-6-12(11-15(14)26-18(19)20)22-17(24)13-5-4-8-21-16(13)23-9-2-3-10-23/h4-8,11,18H,2-3,9-10H2,1H3,(H,22,24). The minimum Gasteiger partial charge on any atom is -0.493 e. The number of aromatic nitrogens is 1. The van der Waals surface area contributed by atoms with E-state index >= 15 is 0 Å². The second kappa shape index (κ2) is 7.99. The maximum Gasteiger partial charge on any atom is 0.387 e. The summed E-state index contributed by atoms with van der Waals surface area (Å²) in [6.45, 7) is -1.28. The minimum absolute atomic E-state index is 0.147. The van der Waals surface area contributed by atoms with Crippen molar-refractivity contribution in [2.75, 3.05) is 30.4 Å². The van der Waals surface area contributed by atoms with E-state index in [1.807, 2.05) is 0 Å². The van der Waals surface area contributed by atoms with E-state index in [9.17, 15) is 13.6 Å². The Labute approximate surface area is 149 Å². The number of carbonyl (C=O) groups is 1. The highest BCUT2D eigenvalue weighted by atomic mass is 19.3. The smallest absolute Gasteiger partial charge is 0.387 e. The third-order valence-corrected chi connectivity index (χ3v) is 4.07. The molecule has 0 spiro atoms. The Hall–Kier alpha value is -2.90. The number of nitrogens with zero attached hydrogens (tertiary/aromatic N) is 2. The maximum atomic E-state index is 12.7. The SMILES string of the molecule is COc1ccc(NC(=O)c2cccnc2N2CCCC2)cc1OC(F)F. The van der Waals surface area contributed by atoms with Gasteiger partial charge in [-0.2, -0.15) is 8.78 Å². The molecule has 0 bridgehead atoms. The first-order chi connectivity index (χ1) is 12.6. The summed E-state index contributed by atoms with van der Waals surface area (Å²) in [7, 11) is 1.35. The van der Waals surface area contributed by atoms with Crippen LogP contribution in [0.3, 0.4) is 0 Å². The topological polar surface area (TPSA) is 63.7 Å². The highest BCUT2D eigenvalue weighted by molar-refractivity contribution is 6.07. The number of nitrogens with one attached hydrogen (secondary N) is 1. The Morgan fingerprint density at radius 2 is 2.00 bits per heavy atom. The van der Waals surface area contributed by atoms with Crippen molar-refractivity contribution < 1.29 is 23.0 Å². The summed E-state index contributed by atoms with van der Waals surface area (Å²) in [5.41, 5.74) is 0.754. The molecule has 138 valence electrons. The van der Waals surface area contributed by atoms with Crippen molar-refractivity contribution in [3.63, 3.8) is 0 Å². The van der Waals surface area contributed by atoms with Crippen LogP contribution in [0.1, 0.15) is 23.2 Å². The van der Waals surface area contributed by atoms with Crippen molar-refractivity contribution in [2.24, 2.45) is 0 Å². The highest BCUT2D eigenvalue weighted by Gasteiger charge is 2.21. The zero-order valence-electron chi connectivity index (χ0n) is 14.2. The van der Waals surface area contributed by atoms with E-state index in [0.717, 1.165) is 25.9 Å². The van der Waals surface area contributed by atoms with Crippen LogP contribution in [0, 0.1) is 0 Å². The molecule has 26 heavy (non-hydrogen) atoms. The number of halogens is 2. The average Bonchev–Trinajstić information content (AvgIpc) is 3.16. The fraction of sp³-hybridized carbons (Fsp3) is 0.333. The van der Waals surface area contributed by atoms with E-state index in [2.05, 4.69) is 19.9 Å². The van der Waals surface area contributed by atoms with Gasteiger partial charge in [0.1, 0.15) is 5.82 Å². The normalized spacial score (nSPS) is 13.8. The number of anilines is 2. The maximum absolute atomic E-state index is 12.7. The van der Waals surface area contributed by atoms with Crippen molar-refractivity contribution >= 4 is 17.4 Å². The van der Waals surface area contributed by atoms with Gasteiger partial charge < -0.3 is 19.7 Å². The Balaban J connectivity index is 1.82. The van der Waals surface area contributed by atoms with Crippen molar-refractivity contribution in [2.45, 2.75) is 19.5 Å². The second-order valence-electron chi connectivity index (χ2n) is 5.77. The summed E-state index contributed by atoms with van der Waals surface area (Å²) < 4.78 is 34.5. The number of hydrogen-bond acceptors (Lipinski definition) is 5. The molecule has 2 heterocycles. The molecule has 0 unspecified atom stereocenters. The summed E-state index contributed by atoms with van der Waals surface area (Å²) >= 11 is 0. The van der Waals surface area contributed by atoms with Gasteiger partial charge in [0.2, 0.25) is 0 Å². The van der Waals surface area contributed by atoms with Crippen LogP contribution in [0.2, 0.25) is 0 Å². The number of carbonyl (C=O) groups excluding carboxylic acids is 1. The fourth-order valence-corrected chi connectivity index (χ4v) is 2.90. The van der Waals surface area contributed by atoms with E-state index < -0.39 is 6.61 Å². The largest absolute Gasteiger partial charge is 0.493 e. The van der Waals surface area contributed by atoms with E-state index in [1.54, 1.807) is 24.4 Å². The minimum atomic E-state index is -2.99. The van der Waals surface area contributed by atoms with Gasteiger partial charge in [-0.25, -0.2) is 4.98 Å². The van der Waals surface area contributed by atoms with E-state index in [-0.39, 0.29) is 17.4 Å². The van der Waals surface area contributed by atoms with Crippen LogP contribution >= 0.6 is 0 Å². The van der Waals surface area contributed by atoms with Gasteiger partial charge in [0.15, 0.2) is 11.5 Å². The average molecular weight is 363 g/mol. The van der Waals surface area contributed by atoms with Gasteiger partial charge in [-0.3, -0.25) is 4.79 Å². The quantitative estimate of drug-likeness (QED) is 0.850. The van der Waals surface area contributed by atoms with E-state index in [4.69, 9.17) is 4.74 Å². The van der Waals surface area contributed by atoms with Crippen molar-refractivity contribution in [1.82, 2.24) is 4.98 Å². The summed E-state index contributed by atoms with van der Waals surface area (Å²) in [6, 6.07) is 7.69. The number of benzene rings is 1. The third-order valence-electron chi connectivity index (χ3n) is 4.07. The first-order valence-electron chi connectivity index (χ1n) is 8.22. The van der Waals surface area contributed by atoms with Gasteiger partial charge in [0.05, 0.1) is 12.7 Å². The molecule has 1 N–H and O–H groups in total. The van der Waals surface area contributed by atoms with Gasteiger partial charge in [-0.1, -0.05) is 0 Å². The molecule has 0 radical (unpaired) electrons. The Bertz CT molecular complexity index is 780. The summed E-state index contributed by atoms with van der Waals surface area (Å²) in [4.78, 5) is 19.1. The van der Waals surface area contributed by atoms with Crippen molar-refractivity contribution in [3.8, 4) is 11.5 Å². The van der Waals surface area contributed by atoms with Gasteiger partial charge >= 0.3 is 6.61 Å². The summed E-state index contributed by atoms with van der Waals surface area (Å²) in [5, 5.41) is 2.70. The van der Waals surface area contributed by atoms with Crippen LogP contribution in [0.25, 0.3) is 0 Å². The number of methoxy groups -OCH3 is 1. The van der Waals surface area contributed by atoms with Gasteiger partial charge in [-0.05, 0) is 37.1 Å². The predicted octanol–water partition coefficient (Wildman–Crippen LogP) is 3.54. The number of alkyl halides is 2. The lowest BCUT2D eigenvalue weighted by molar-refractivity contribution is -0.0511. The summed E-state index contributed by atoms with van der Waals surface area (Å²) in [6.07, 6.45) is 3.77. The van der Waals surface area contributed by atoms with Crippen molar-refractivity contribution in [1.29, 1.82) is 0 Å². The second-order valence-corrected chi connectivity index (χ2v) is 5.77. The van der Waals surface area contributed by atoms with Crippen LogP contribution in [-0.4, -0.2) is 37.7 Å². The van der Waals surface area contributed by atoms with Crippen LogP contribution in [0.15, 0.2) is 36.5 Å². The third kappa shape index (κ3) is 4.01. The van der Waals surface area contributed by atoms with Gasteiger partial charge in [0.25, 0.3) is 5.91 Å². The molecule has 0 aliphatic carbocycles. The fourth-order valence-electron chi connectivity index (χ4n) is 2.90. The van der Waals surface area contributed by atoms with Gasteiger partial charge in [0, 0.05) is 31.0 Å². The monoisotopic (exact) mass is 363 g/mol. The molecular weight excluding hydrogens is 344 g/mol. The molecule has 8 heteroatoms. The van der Waals surface area contributed by atoms with Crippen LogP contribution in [0.4, 0.5) is 20.3 Å². The molecule has 1 aromatic heterocycles. The number of amides is 1. The molecular formula is C18H19F2N3O3.